The van der Waals surface area contributed by atoms with E-state index in [0.29, 0.717) is 0 Å². The molecular formula is C38H77Cl6FO3P2. The summed E-state index contributed by atoms with van der Waals surface area (Å²) in [6, 6.07) is 0. The molecule has 3 nitrogen and oxygen atoms in total. The Labute approximate surface area is 339 Å². The summed E-state index contributed by atoms with van der Waals surface area (Å²) in [5, 5.41) is -2.62. The summed E-state index contributed by atoms with van der Waals surface area (Å²) in [5.74, 6) is 0. The zero-order chi connectivity index (χ0) is 38.3. The van der Waals surface area contributed by atoms with E-state index in [1.54, 1.807) is 50.3 Å². The van der Waals surface area contributed by atoms with Gasteiger partial charge in [0.05, 0.1) is 32.3 Å². The Morgan fingerprint density at radius 1 is 0.400 bits per heavy atom. The van der Waals surface area contributed by atoms with Crippen LogP contribution < -0.4 is 0 Å². The van der Waals surface area contributed by atoms with Crippen molar-refractivity contribution in [2.24, 2.45) is 0 Å². The van der Waals surface area contributed by atoms with E-state index in [9.17, 15) is 4.20 Å². The van der Waals surface area contributed by atoms with E-state index in [0.717, 1.165) is 0 Å². The monoisotopic (exact) mass is 872 g/mol. The van der Waals surface area contributed by atoms with Crippen LogP contribution in [0.5, 0.6) is 0 Å². The molecule has 0 atom stereocenters. The molecule has 1 aliphatic rings. The first-order chi connectivity index (χ1) is 23.7. The molecule has 0 heterocycles. The summed E-state index contributed by atoms with van der Waals surface area (Å²) in [6.07, 6.45) is 42.3. The maximum atomic E-state index is 10.4. The molecular weight excluding hydrogens is 798 g/mol. The normalized spacial score (nSPS) is 22.7. The third-order valence-corrected chi connectivity index (χ3v) is 19.8. The Kier molecular flexibility index (Phi) is 38.8. The molecule has 0 spiro atoms. The van der Waals surface area contributed by atoms with Gasteiger partial charge in [-0.25, -0.2) is 4.57 Å². The van der Waals surface area contributed by atoms with Crippen LogP contribution in [0.15, 0.2) is 0 Å². The molecule has 0 aromatic heterocycles. The van der Waals surface area contributed by atoms with Crippen LogP contribution in [0.1, 0.15) is 182 Å². The Morgan fingerprint density at radius 2 is 0.540 bits per heavy atom. The Hall–Kier alpha value is 2.25. The average Bonchev–Trinajstić information content (AvgIpc) is 3.08. The molecule has 12 heteroatoms. The van der Waals surface area contributed by atoms with Gasteiger partial charge in [-0.15, -0.1) is 73.8 Å². The van der Waals surface area contributed by atoms with Gasteiger partial charge >= 0.3 is 208 Å². The first-order valence-corrected chi connectivity index (χ1v) is 27.3. The molecule has 0 radical (unpaired) electrons. The van der Waals surface area contributed by atoms with Gasteiger partial charge in [-0.2, -0.15) is 0 Å². The van der Waals surface area contributed by atoms with Gasteiger partial charge in [-0.1, -0.05) is 13.3 Å². The Bertz CT molecular complexity index is 687. The summed E-state index contributed by atoms with van der Waals surface area (Å²) in [4.78, 5) is 13.9. The zero-order valence-electron chi connectivity index (χ0n) is 32.2. The molecule has 1 fully saturated rings. The van der Waals surface area contributed by atoms with Crippen LogP contribution in [0.3, 0.4) is 0 Å². The van der Waals surface area contributed by atoms with Crippen LogP contribution in [-0.2, 0) is 4.57 Å². The fourth-order valence-corrected chi connectivity index (χ4v) is 14.8. The number of hydrogen-bond acceptors (Lipinski definition) is 1. The van der Waals surface area contributed by atoms with Gasteiger partial charge < -0.3 is 0 Å². The van der Waals surface area contributed by atoms with Crippen molar-refractivity contribution in [3.05, 3.63) is 0 Å². The van der Waals surface area contributed by atoms with Crippen LogP contribution in [-0.4, -0.2) is 66.7 Å². The molecule has 0 bridgehead atoms. The standard InChI is InChI=1S/C32H69P.C6H6Cl6.FH2O3P/c1-5-9-13-17-18-19-20-21-22-23-24-28-32-33(29-25-14-10-6-2,30-26-15-11-7-3)31-27-16-12-8-4;7-1-2(8)4(10)6(12)5(11)3(1)9;1-5(2,3)4/h33H,5-32H2,1-4H3;1-6H;(H2,2,3,4)/t;1-,2-,3-,4+,5+,6+;. The first kappa shape index (κ1) is 54.4. The number of hydrogen-bond donors (Lipinski definition) is 2. The predicted molar refractivity (Wildman–Crippen MR) is 232 cm³/mol. The third kappa shape index (κ3) is 31.5. The minimum absolute atomic E-state index is 0.437. The molecule has 0 saturated heterocycles. The second kappa shape index (κ2) is 35.6. The van der Waals surface area contributed by atoms with E-state index in [1.165, 1.54) is 128 Å². The second-order valence-electron chi connectivity index (χ2n) is 14.7. The summed E-state index contributed by atoms with van der Waals surface area (Å²) in [6.45, 7) is 9.42. The molecule has 0 aromatic carbocycles. The maximum absolute atomic E-state index is 10.4. The third-order valence-electron chi connectivity index (χ3n) is 10.1. The van der Waals surface area contributed by atoms with E-state index < -0.39 is 47.4 Å². The molecule has 1 saturated carbocycles. The van der Waals surface area contributed by atoms with E-state index in [1.807, 2.05) is 0 Å². The van der Waals surface area contributed by atoms with Crippen molar-refractivity contribution in [1.82, 2.24) is 0 Å². The smallest absolute Gasteiger partial charge is 0.299 e. The number of unbranched alkanes of at least 4 members (excludes halogenated alkanes) is 20. The topological polar surface area (TPSA) is 57.5 Å². The molecule has 0 aliphatic heterocycles. The first-order valence-electron chi connectivity index (χ1n) is 20.3. The molecule has 0 amide bonds. The fraction of sp³-hybridized carbons (Fsp3) is 1.00. The van der Waals surface area contributed by atoms with E-state index >= 15 is 0 Å². The summed E-state index contributed by atoms with van der Waals surface area (Å²) < 4.78 is 19.0. The van der Waals surface area contributed by atoms with Gasteiger partial charge in [0.25, 0.3) is 0 Å². The van der Waals surface area contributed by atoms with Gasteiger partial charge in [0.2, 0.25) is 0 Å². The predicted octanol–water partition coefficient (Wildman–Crippen LogP) is 15.9. The molecule has 1 aliphatic carbocycles. The van der Waals surface area contributed by atoms with Crippen LogP contribution in [0, 0.1) is 0 Å². The largest absolute Gasteiger partial charge is 0.507 e. The minimum Gasteiger partial charge on any atom is -0.299 e. The van der Waals surface area contributed by atoms with Gasteiger partial charge in [0, 0.05) is 0 Å². The van der Waals surface area contributed by atoms with E-state index in [-0.39, 0.29) is 0 Å². The molecule has 1 rings (SSSR count). The Morgan fingerprint density at radius 3 is 0.720 bits per heavy atom. The van der Waals surface area contributed by atoms with Crippen molar-refractivity contribution < 1.29 is 18.5 Å². The second-order valence-corrected chi connectivity index (χ2v) is 23.7. The SMILES string of the molecule is CCCCCCCCCCCCCC[PH](CCCCCC)(CCCCCC)CCCCCC.Cl[C@H]1[C@H](Cl)[C@@H](Cl)[C@@H](Cl)[C@H](Cl)[C@H]1Cl.O=P(O)(O)F. The van der Waals surface area contributed by atoms with Crippen LogP contribution in [0.2, 0.25) is 0 Å². The van der Waals surface area contributed by atoms with Gasteiger partial charge in [-0.05, 0) is 0 Å². The van der Waals surface area contributed by atoms with Crippen molar-refractivity contribution in [3.63, 3.8) is 0 Å². The quantitative estimate of drug-likeness (QED) is 0.0468. The maximum Gasteiger partial charge on any atom is 0.507 e. The van der Waals surface area contributed by atoms with Crippen LogP contribution in [0.4, 0.5) is 4.20 Å². The average molecular weight is 876 g/mol. The van der Waals surface area contributed by atoms with Crippen molar-refractivity contribution in [1.29, 1.82) is 0 Å². The fourth-order valence-electron chi connectivity index (χ4n) is 6.93. The number of halogens is 7. The van der Waals surface area contributed by atoms with Crippen LogP contribution >= 0.6 is 84.8 Å². The van der Waals surface area contributed by atoms with Crippen molar-refractivity contribution in [3.8, 4) is 0 Å². The Balaban J connectivity index is 0. The molecule has 0 unspecified atom stereocenters. The molecule has 50 heavy (non-hydrogen) atoms. The van der Waals surface area contributed by atoms with Crippen LogP contribution in [0.25, 0.3) is 0 Å². The van der Waals surface area contributed by atoms with Crippen molar-refractivity contribution in [2.45, 2.75) is 214 Å². The van der Waals surface area contributed by atoms with Gasteiger partial charge in [0.1, 0.15) is 0 Å². The summed E-state index contributed by atoms with van der Waals surface area (Å²) in [7, 11) is -6.18. The van der Waals surface area contributed by atoms with E-state index in [2.05, 4.69) is 27.7 Å². The summed E-state index contributed by atoms with van der Waals surface area (Å²) in [5.41, 5.74) is 0. The number of alkyl halides is 6. The van der Waals surface area contributed by atoms with Gasteiger partial charge in [-0.3, -0.25) is 9.79 Å². The molecule has 2 N–H and O–H groups in total. The van der Waals surface area contributed by atoms with E-state index in [4.69, 9.17) is 84.0 Å². The van der Waals surface area contributed by atoms with Gasteiger partial charge in [0.15, 0.2) is 0 Å². The summed E-state index contributed by atoms with van der Waals surface area (Å²) >= 11 is 35.3. The number of rotatable bonds is 28. The van der Waals surface area contributed by atoms with Crippen molar-refractivity contribution >= 4 is 84.8 Å². The van der Waals surface area contributed by atoms with Crippen molar-refractivity contribution in [2.75, 3.05) is 24.6 Å². The zero-order valence-corrected chi connectivity index (χ0v) is 38.6. The molecule has 0 aromatic rings. The molecule has 306 valence electrons. The minimum atomic E-state index is -5.14.